The second-order valence-electron chi connectivity index (χ2n) is 7.56. The van der Waals surface area contributed by atoms with Crippen LogP contribution in [0, 0.1) is 6.92 Å². The molecular formula is C22H35IN8. The van der Waals surface area contributed by atoms with E-state index in [0.29, 0.717) is 6.04 Å². The first kappa shape index (κ1) is 25.1. The topological polar surface area (TPSA) is 85.0 Å². The average Bonchev–Trinajstić information content (AvgIpc) is 3.34. The fourth-order valence-corrected chi connectivity index (χ4v) is 3.42. The van der Waals surface area contributed by atoms with Crippen LogP contribution in [0.3, 0.4) is 0 Å². The highest BCUT2D eigenvalue weighted by Gasteiger charge is 2.07. The molecule has 1 aromatic carbocycles. The number of fused-ring (bicyclic) bond motifs is 1. The Morgan fingerprint density at radius 3 is 2.77 bits per heavy atom. The monoisotopic (exact) mass is 538 g/mol. The molecule has 3 rings (SSSR count). The van der Waals surface area contributed by atoms with Crippen LogP contribution in [0.1, 0.15) is 45.3 Å². The number of hydrogen-bond donors (Lipinski definition) is 2. The third kappa shape index (κ3) is 6.91. The lowest BCUT2D eigenvalue weighted by atomic mass is 10.3. The zero-order valence-corrected chi connectivity index (χ0v) is 21.3. The molecule has 9 heteroatoms. The summed E-state index contributed by atoms with van der Waals surface area (Å²) in [6, 6.07) is 8.67. The Bertz CT molecular complexity index is 961. The molecule has 3 aromatic rings. The Morgan fingerprint density at radius 1 is 1.19 bits per heavy atom. The highest BCUT2D eigenvalue weighted by Crippen LogP contribution is 2.15. The summed E-state index contributed by atoms with van der Waals surface area (Å²) in [6.07, 6.45) is 4.68. The number of benzene rings is 1. The van der Waals surface area contributed by atoms with Crippen LogP contribution in [0.15, 0.2) is 35.6 Å². The van der Waals surface area contributed by atoms with Gasteiger partial charge in [-0.1, -0.05) is 26.0 Å². The largest absolute Gasteiger partial charge is 0.355 e. The molecule has 0 aliphatic carbocycles. The van der Waals surface area contributed by atoms with Gasteiger partial charge in [-0.15, -0.1) is 34.2 Å². The zero-order chi connectivity index (χ0) is 21.3. The van der Waals surface area contributed by atoms with Gasteiger partial charge in [0.25, 0.3) is 0 Å². The van der Waals surface area contributed by atoms with Crippen molar-refractivity contribution in [2.24, 2.45) is 4.99 Å². The standard InChI is InChI=1S/C22H34N8.HI/c1-5-17(3)26-22(24-13-15-29-16-25-28-21(29)6-2)23-12-9-14-30-18(4)27-19-10-7-8-11-20(19)30;/h7-8,10-11,16-17H,5-6,9,12-15H2,1-4H3,(H2,23,24,26);1H. The van der Waals surface area contributed by atoms with Gasteiger partial charge in [-0.25, -0.2) is 4.98 Å². The maximum absolute atomic E-state index is 4.80. The summed E-state index contributed by atoms with van der Waals surface area (Å²) < 4.78 is 4.36. The highest BCUT2D eigenvalue weighted by atomic mass is 127. The fraction of sp³-hybridized carbons (Fsp3) is 0.545. The minimum atomic E-state index is 0. The predicted octanol–water partition coefficient (Wildman–Crippen LogP) is 3.54. The lowest BCUT2D eigenvalue weighted by Crippen LogP contribution is -2.43. The van der Waals surface area contributed by atoms with Crippen molar-refractivity contribution in [1.29, 1.82) is 0 Å². The van der Waals surface area contributed by atoms with Gasteiger partial charge in [0, 0.05) is 38.6 Å². The van der Waals surface area contributed by atoms with Gasteiger partial charge in [-0.2, -0.15) is 0 Å². The van der Waals surface area contributed by atoms with E-state index >= 15 is 0 Å². The van der Waals surface area contributed by atoms with Crippen molar-refractivity contribution in [1.82, 2.24) is 34.9 Å². The van der Waals surface area contributed by atoms with Crippen molar-refractivity contribution in [3.63, 3.8) is 0 Å². The minimum Gasteiger partial charge on any atom is -0.355 e. The molecule has 0 amide bonds. The smallest absolute Gasteiger partial charge is 0.191 e. The molecule has 0 saturated carbocycles. The lowest BCUT2D eigenvalue weighted by molar-refractivity contribution is 0.594. The summed E-state index contributed by atoms with van der Waals surface area (Å²) in [4.78, 5) is 9.45. The number of imidazole rings is 1. The molecule has 0 fully saturated rings. The van der Waals surface area contributed by atoms with Gasteiger partial charge in [-0.05, 0) is 38.8 Å². The van der Waals surface area contributed by atoms with Gasteiger partial charge < -0.3 is 19.8 Å². The number of rotatable bonds is 10. The van der Waals surface area contributed by atoms with E-state index in [-0.39, 0.29) is 24.0 Å². The van der Waals surface area contributed by atoms with E-state index < -0.39 is 0 Å². The first-order valence-corrected chi connectivity index (χ1v) is 11.0. The average molecular weight is 538 g/mol. The molecule has 2 heterocycles. The lowest BCUT2D eigenvalue weighted by Gasteiger charge is -2.17. The van der Waals surface area contributed by atoms with Gasteiger partial charge in [0.15, 0.2) is 5.96 Å². The fourth-order valence-electron chi connectivity index (χ4n) is 3.42. The number of guanidine groups is 1. The summed E-state index contributed by atoms with van der Waals surface area (Å²) in [5, 5.41) is 15.1. The molecular weight excluding hydrogens is 503 g/mol. The van der Waals surface area contributed by atoms with E-state index in [2.05, 4.69) is 80.8 Å². The van der Waals surface area contributed by atoms with Crippen molar-refractivity contribution in [3.8, 4) is 0 Å². The summed E-state index contributed by atoms with van der Waals surface area (Å²) in [5.74, 6) is 2.92. The summed E-state index contributed by atoms with van der Waals surface area (Å²) in [7, 11) is 0. The Hall–Kier alpha value is -2.17. The van der Waals surface area contributed by atoms with Crippen LogP contribution in [-0.4, -0.2) is 49.4 Å². The summed E-state index contributed by atoms with van der Waals surface area (Å²) in [5.41, 5.74) is 2.25. The molecule has 0 spiro atoms. The van der Waals surface area contributed by atoms with Crippen molar-refractivity contribution in [2.45, 2.75) is 66.1 Å². The van der Waals surface area contributed by atoms with Crippen molar-refractivity contribution in [3.05, 3.63) is 42.2 Å². The maximum atomic E-state index is 4.80. The maximum Gasteiger partial charge on any atom is 0.191 e. The van der Waals surface area contributed by atoms with Crippen LogP contribution < -0.4 is 10.6 Å². The zero-order valence-electron chi connectivity index (χ0n) is 19.0. The molecule has 8 nitrogen and oxygen atoms in total. The number of nitrogens with zero attached hydrogens (tertiary/aromatic N) is 6. The Balaban J connectivity index is 0.00000341. The molecule has 31 heavy (non-hydrogen) atoms. The van der Waals surface area contributed by atoms with Gasteiger partial charge in [0.1, 0.15) is 18.0 Å². The van der Waals surface area contributed by atoms with Crippen LogP contribution in [0.25, 0.3) is 11.0 Å². The van der Waals surface area contributed by atoms with E-state index in [1.165, 1.54) is 5.52 Å². The number of hydrogen-bond acceptors (Lipinski definition) is 4. The van der Waals surface area contributed by atoms with Gasteiger partial charge in [0.2, 0.25) is 0 Å². The Morgan fingerprint density at radius 2 is 2.00 bits per heavy atom. The van der Waals surface area contributed by atoms with Crippen LogP contribution in [0.2, 0.25) is 0 Å². The summed E-state index contributed by atoms with van der Waals surface area (Å²) >= 11 is 0. The van der Waals surface area contributed by atoms with Gasteiger partial charge in [0.05, 0.1) is 11.0 Å². The van der Waals surface area contributed by atoms with E-state index in [1.54, 1.807) is 6.33 Å². The van der Waals surface area contributed by atoms with Crippen LogP contribution in [-0.2, 0) is 19.5 Å². The van der Waals surface area contributed by atoms with Crippen molar-refractivity contribution in [2.75, 3.05) is 13.1 Å². The number of aliphatic imine (C=N–C) groups is 1. The van der Waals surface area contributed by atoms with E-state index in [1.807, 2.05) is 6.07 Å². The van der Waals surface area contributed by atoms with E-state index in [0.717, 1.165) is 68.6 Å². The highest BCUT2D eigenvalue weighted by molar-refractivity contribution is 14.0. The molecule has 1 unspecified atom stereocenters. The number of aryl methyl sites for hydroxylation is 3. The summed E-state index contributed by atoms with van der Waals surface area (Å²) in [6.45, 7) is 11.8. The molecule has 1 atom stereocenters. The number of halogens is 1. The normalized spacial score (nSPS) is 12.6. The second kappa shape index (κ2) is 12.6. The molecule has 170 valence electrons. The molecule has 0 radical (unpaired) electrons. The predicted molar refractivity (Wildman–Crippen MR) is 137 cm³/mol. The molecule has 0 aliphatic rings. The number of para-hydroxylation sites is 2. The minimum absolute atomic E-state index is 0. The third-order valence-corrected chi connectivity index (χ3v) is 5.31. The van der Waals surface area contributed by atoms with E-state index in [4.69, 9.17) is 4.99 Å². The number of nitrogens with one attached hydrogen (secondary N) is 2. The molecule has 2 aromatic heterocycles. The van der Waals surface area contributed by atoms with Crippen LogP contribution in [0.5, 0.6) is 0 Å². The quantitative estimate of drug-likeness (QED) is 0.179. The number of aromatic nitrogens is 5. The molecule has 2 N–H and O–H groups in total. The second-order valence-corrected chi connectivity index (χ2v) is 7.56. The first-order valence-electron chi connectivity index (χ1n) is 11.0. The van der Waals surface area contributed by atoms with Crippen molar-refractivity contribution >= 4 is 41.0 Å². The third-order valence-electron chi connectivity index (χ3n) is 5.31. The van der Waals surface area contributed by atoms with Crippen molar-refractivity contribution < 1.29 is 0 Å². The SMILES string of the molecule is CCc1nncn1CCNC(=NCCCn1c(C)nc2ccccc21)NC(C)CC.I. The Kier molecular flexibility index (Phi) is 10.2. The van der Waals surface area contributed by atoms with Gasteiger partial charge in [-0.3, -0.25) is 4.99 Å². The Labute approximate surface area is 202 Å². The van der Waals surface area contributed by atoms with E-state index in [9.17, 15) is 0 Å². The van der Waals surface area contributed by atoms with Gasteiger partial charge >= 0.3 is 0 Å². The van der Waals surface area contributed by atoms with Crippen LogP contribution in [0.4, 0.5) is 0 Å². The molecule has 0 saturated heterocycles. The first-order chi connectivity index (χ1) is 14.6. The van der Waals surface area contributed by atoms with Crippen LogP contribution >= 0.6 is 24.0 Å². The molecule has 0 bridgehead atoms. The molecule has 0 aliphatic heterocycles.